The second kappa shape index (κ2) is 6.46. The van der Waals surface area contributed by atoms with E-state index in [9.17, 15) is 0 Å². The van der Waals surface area contributed by atoms with Crippen molar-refractivity contribution in [3.8, 4) is 11.5 Å². The van der Waals surface area contributed by atoms with Crippen molar-refractivity contribution in [1.29, 1.82) is 0 Å². The summed E-state index contributed by atoms with van der Waals surface area (Å²) in [4.78, 5) is 5.12. The molecule has 6 heteroatoms. The summed E-state index contributed by atoms with van der Waals surface area (Å²) in [5, 5.41) is 2.26. The zero-order valence-corrected chi connectivity index (χ0v) is 16.5. The molecule has 1 unspecified atom stereocenters. The maximum absolute atomic E-state index is 5.56. The van der Waals surface area contributed by atoms with Crippen molar-refractivity contribution in [2.75, 3.05) is 43.4 Å². The van der Waals surface area contributed by atoms with Gasteiger partial charge in [0.05, 0.1) is 23.1 Å². The van der Waals surface area contributed by atoms with Crippen LogP contribution < -0.4 is 19.4 Å². The smallest absolute Gasteiger partial charge is 0.231 e. The Morgan fingerprint density at radius 1 is 0.931 bits per heavy atom. The Kier molecular flexibility index (Phi) is 3.74. The molecule has 29 heavy (non-hydrogen) atoms. The van der Waals surface area contributed by atoms with Crippen molar-refractivity contribution < 1.29 is 9.47 Å². The van der Waals surface area contributed by atoms with Crippen LogP contribution in [-0.4, -0.2) is 43.1 Å². The van der Waals surface area contributed by atoms with E-state index in [2.05, 4.69) is 81.3 Å². The first-order valence-corrected chi connectivity index (χ1v) is 10.2. The predicted molar refractivity (Wildman–Crippen MR) is 113 cm³/mol. The molecule has 0 bridgehead atoms. The van der Waals surface area contributed by atoms with Gasteiger partial charge >= 0.3 is 0 Å². The maximum Gasteiger partial charge on any atom is 0.231 e. The topological polar surface area (TPSA) is 33.1 Å². The lowest BCUT2D eigenvalue weighted by molar-refractivity contribution is 0.173. The fourth-order valence-electron chi connectivity index (χ4n) is 4.84. The lowest BCUT2D eigenvalue weighted by Gasteiger charge is -2.42. The molecule has 2 aromatic carbocycles. The molecule has 0 spiro atoms. The van der Waals surface area contributed by atoms with Crippen LogP contribution in [0.1, 0.15) is 17.3 Å². The van der Waals surface area contributed by atoms with Gasteiger partial charge in [-0.05, 0) is 42.0 Å². The fourth-order valence-corrected chi connectivity index (χ4v) is 4.84. The van der Waals surface area contributed by atoms with Crippen LogP contribution in [0.15, 0.2) is 60.8 Å². The molecule has 0 amide bonds. The molecule has 3 aliphatic heterocycles. The molecule has 148 valence electrons. The molecule has 1 atom stereocenters. The number of hydrogen-bond donors (Lipinski definition) is 0. The molecule has 4 heterocycles. The van der Waals surface area contributed by atoms with E-state index in [1.54, 1.807) is 0 Å². The van der Waals surface area contributed by atoms with Gasteiger partial charge in [0.1, 0.15) is 0 Å². The predicted octanol–water partition coefficient (Wildman–Crippen LogP) is 3.49. The van der Waals surface area contributed by atoms with Gasteiger partial charge in [-0.1, -0.05) is 18.2 Å². The third-order valence-electron chi connectivity index (χ3n) is 6.27. The van der Waals surface area contributed by atoms with Gasteiger partial charge in [-0.3, -0.25) is 14.6 Å². The minimum absolute atomic E-state index is 0.318. The summed E-state index contributed by atoms with van der Waals surface area (Å²) in [5.41, 5.74) is 5.16. The zero-order valence-electron chi connectivity index (χ0n) is 16.5. The third-order valence-corrected chi connectivity index (χ3v) is 6.27. The number of benzene rings is 2. The van der Waals surface area contributed by atoms with Crippen LogP contribution in [0.3, 0.4) is 0 Å². The Balaban J connectivity index is 1.32. The summed E-state index contributed by atoms with van der Waals surface area (Å²) in [7, 11) is 2.14. The normalized spacial score (nSPS) is 20.1. The first kappa shape index (κ1) is 16.8. The van der Waals surface area contributed by atoms with E-state index < -0.39 is 0 Å². The lowest BCUT2D eigenvalue weighted by atomic mass is 10.1. The molecule has 0 radical (unpaired) electrons. The first-order valence-electron chi connectivity index (χ1n) is 10.2. The molecule has 3 aromatic rings. The molecule has 0 saturated carbocycles. The molecule has 6 rings (SSSR count). The fraction of sp³-hybridized carbons (Fsp3) is 0.304. The minimum Gasteiger partial charge on any atom is -0.454 e. The van der Waals surface area contributed by atoms with Crippen molar-refractivity contribution in [2.24, 2.45) is 0 Å². The van der Waals surface area contributed by atoms with Crippen LogP contribution in [0.25, 0.3) is 0 Å². The highest BCUT2D eigenvalue weighted by Crippen LogP contribution is 2.41. The van der Waals surface area contributed by atoms with Crippen molar-refractivity contribution >= 4 is 11.4 Å². The van der Waals surface area contributed by atoms with Crippen LogP contribution >= 0.6 is 0 Å². The Morgan fingerprint density at radius 2 is 1.79 bits per heavy atom. The van der Waals surface area contributed by atoms with Gasteiger partial charge in [0, 0.05) is 39.4 Å². The van der Waals surface area contributed by atoms with Crippen molar-refractivity contribution in [3.63, 3.8) is 0 Å². The molecule has 0 N–H and O–H groups in total. The second-order valence-electron chi connectivity index (χ2n) is 7.92. The molecule has 1 aromatic heterocycles. The van der Waals surface area contributed by atoms with Crippen molar-refractivity contribution in [1.82, 2.24) is 9.58 Å². The van der Waals surface area contributed by atoms with Gasteiger partial charge in [-0.15, -0.1) is 0 Å². The number of hydrogen-bond acceptors (Lipinski definition) is 5. The molecular formula is C23H24N4O2. The average Bonchev–Trinajstić information content (AvgIpc) is 3.41. The highest BCUT2D eigenvalue weighted by Gasteiger charge is 2.35. The summed E-state index contributed by atoms with van der Waals surface area (Å²) in [6, 6.07) is 19.7. The van der Waals surface area contributed by atoms with E-state index in [-0.39, 0.29) is 0 Å². The Bertz CT molecular complexity index is 1060. The quantitative estimate of drug-likeness (QED) is 0.671. The molecule has 1 saturated heterocycles. The molecule has 0 aliphatic carbocycles. The van der Waals surface area contributed by atoms with E-state index in [4.69, 9.17) is 9.47 Å². The van der Waals surface area contributed by atoms with Gasteiger partial charge < -0.3 is 14.4 Å². The number of fused-ring (bicyclic) bond motifs is 6. The highest BCUT2D eigenvalue weighted by atomic mass is 16.7. The summed E-state index contributed by atoms with van der Waals surface area (Å²) < 4.78 is 13.3. The van der Waals surface area contributed by atoms with E-state index >= 15 is 0 Å². The summed E-state index contributed by atoms with van der Waals surface area (Å²) >= 11 is 0. The summed E-state index contributed by atoms with van der Waals surface area (Å²) in [5.74, 6) is 1.71. The molecule has 1 fully saturated rings. The lowest BCUT2D eigenvalue weighted by Crippen LogP contribution is -2.48. The Hall–Kier alpha value is -3.12. The average molecular weight is 388 g/mol. The van der Waals surface area contributed by atoms with E-state index in [0.29, 0.717) is 12.8 Å². The summed E-state index contributed by atoms with van der Waals surface area (Å²) in [6.07, 6.45) is 2.16. The zero-order chi connectivity index (χ0) is 19.4. The van der Waals surface area contributed by atoms with Gasteiger partial charge in [-0.25, -0.2) is 0 Å². The SMILES string of the molecule is CN1c2ccccc2N2CCN(Cc3ccc4c(c3)OCO4)CC2c2cccn21. The maximum atomic E-state index is 5.56. The minimum atomic E-state index is 0.318. The van der Waals surface area contributed by atoms with Crippen LogP contribution in [0.4, 0.5) is 11.4 Å². The van der Waals surface area contributed by atoms with Gasteiger partial charge in [0.25, 0.3) is 0 Å². The molecule has 6 nitrogen and oxygen atoms in total. The number of rotatable bonds is 2. The van der Waals surface area contributed by atoms with Gasteiger partial charge in [0.2, 0.25) is 6.79 Å². The Morgan fingerprint density at radius 3 is 2.72 bits per heavy atom. The standard InChI is InChI=1S/C23H24N4O2/c1-24-18-5-2-3-6-19(18)26-12-11-25(15-21(26)20-7-4-10-27(20)24)14-17-8-9-22-23(13-17)29-16-28-22/h2-10,13,21H,11-12,14-16H2,1H3. The van der Waals surface area contributed by atoms with Crippen LogP contribution in [-0.2, 0) is 6.54 Å². The van der Waals surface area contributed by atoms with E-state index in [1.165, 1.54) is 22.6 Å². The Labute approximate surface area is 170 Å². The van der Waals surface area contributed by atoms with E-state index in [1.807, 2.05) is 6.07 Å². The molecular weight excluding hydrogens is 364 g/mol. The number of nitrogens with zero attached hydrogens (tertiary/aromatic N) is 4. The van der Waals surface area contributed by atoms with Crippen LogP contribution in [0, 0.1) is 0 Å². The van der Waals surface area contributed by atoms with Crippen LogP contribution in [0.5, 0.6) is 11.5 Å². The van der Waals surface area contributed by atoms with Crippen LogP contribution in [0.2, 0.25) is 0 Å². The number of aromatic nitrogens is 1. The second-order valence-corrected chi connectivity index (χ2v) is 7.92. The number of piperazine rings is 1. The third kappa shape index (κ3) is 2.67. The van der Waals surface area contributed by atoms with Crippen molar-refractivity contribution in [2.45, 2.75) is 12.6 Å². The number of ether oxygens (including phenoxy) is 2. The monoisotopic (exact) mass is 388 g/mol. The first-order chi connectivity index (χ1) is 14.3. The van der Waals surface area contributed by atoms with Gasteiger partial charge in [0.15, 0.2) is 11.5 Å². The highest BCUT2D eigenvalue weighted by molar-refractivity contribution is 5.73. The number of para-hydroxylation sites is 2. The largest absolute Gasteiger partial charge is 0.454 e. The van der Waals surface area contributed by atoms with E-state index in [0.717, 1.165) is 37.7 Å². The van der Waals surface area contributed by atoms with Crippen molar-refractivity contribution in [3.05, 3.63) is 72.1 Å². The number of anilines is 2. The summed E-state index contributed by atoms with van der Waals surface area (Å²) in [6.45, 7) is 4.26. The molecule has 3 aliphatic rings. The van der Waals surface area contributed by atoms with Gasteiger partial charge in [-0.2, -0.15) is 0 Å².